The van der Waals surface area contributed by atoms with Crippen LogP contribution in [0, 0.1) is 17.7 Å². The molecule has 192 valence electrons. The molecule has 0 bridgehead atoms. The van der Waals surface area contributed by atoms with Gasteiger partial charge in [-0.05, 0) is 53.3 Å². The number of halogens is 4. The third kappa shape index (κ3) is 3.83. The molecule has 1 aromatic heterocycles. The molecule has 0 saturated heterocycles. The number of fused-ring (bicyclic) bond motifs is 4. The van der Waals surface area contributed by atoms with Crippen LogP contribution in [0.5, 0.6) is 5.88 Å². The first-order valence-corrected chi connectivity index (χ1v) is 12.1. The van der Waals surface area contributed by atoms with Gasteiger partial charge in [0.15, 0.2) is 0 Å². The molecule has 1 N–H and O–H groups in total. The number of carbonyl (C=O) groups is 1. The minimum absolute atomic E-state index is 0.00267. The zero-order valence-corrected chi connectivity index (χ0v) is 20.1. The van der Waals surface area contributed by atoms with Crippen molar-refractivity contribution in [3.63, 3.8) is 0 Å². The minimum Gasteiger partial charge on any atom is -0.481 e. The first kappa shape index (κ1) is 23.8. The fourth-order valence-corrected chi connectivity index (χ4v) is 6.05. The first-order chi connectivity index (χ1) is 17.5. The summed E-state index contributed by atoms with van der Waals surface area (Å²) in [7, 11) is 0. The molecule has 1 saturated carbocycles. The molecule has 5 nitrogen and oxygen atoms in total. The number of carboxylic acid groups (broad SMARTS) is 1. The van der Waals surface area contributed by atoms with Gasteiger partial charge in [-0.1, -0.05) is 26.0 Å². The molecule has 0 radical (unpaired) electrons. The van der Waals surface area contributed by atoms with Crippen molar-refractivity contribution in [3.05, 3.63) is 82.3 Å². The Morgan fingerprint density at radius 1 is 1.19 bits per heavy atom. The minimum atomic E-state index is -4.53. The molecule has 1 fully saturated rings. The van der Waals surface area contributed by atoms with Crippen molar-refractivity contribution in [1.82, 2.24) is 4.98 Å². The number of alkyl halides is 3. The van der Waals surface area contributed by atoms with Crippen LogP contribution in [-0.2, 0) is 29.4 Å². The maximum atomic E-state index is 15.1. The SMILES string of the molecule is CC1(C)CN(c2ccccc2C(F)(F)F)c2cc(COc3cc4c(cn3)C3C(C4)C3C(=O)O)c(F)cc21. The molecule has 3 aromatic rings. The van der Waals surface area contributed by atoms with Gasteiger partial charge in [0.05, 0.1) is 17.2 Å². The molecule has 3 unspecified atom stereocenters. The van der Waals surface area contributed by atoms with Gasteiger partial charge in [-0.25, -0.2) is 9.37 Å². The van der Waals surface area contributed by atoms with Gasteiger partial charge in [0.1, 0.15) is 12.4 Å². The Morgan fingerprint density at radius 3 is 2.68 bits per heavy atom. The van der Waals surface area contributed by atoms with E-state index in [0.717, 1.165) is 17.2 Å². The fraction of sp³-hybridized carbons (Fsp3) is 0.357. The zero-order valence-electron chi connectivity index (χ0n) is 20.1. The van der Waals surface area contributed by atoms with Crippen LogP contribution < -0.4 is 9.64 Å². The van der Waals surface area contributed by atoms with Crippen molar-refractivity contribution in [1.29, 1.82) is 0 Å². The van der Waals surface area contributed by atoms with Crippen molar-refractivity contribution in [2.75, 3.05) is 11.4 Å². The van der Waals surface area contributed by atoms with Gasteiger partial charge >= 0.3 is 12.1 Å². The summed E-state index contributed by atoms with van der Waals surface area (Å²) >= 11 is 0. The van der Waals surface area contributed by atoms with Crippen LogP contribution in [0.1, 0.15) is 47.6 Å². The van der Waals surface area contributed by atoms with Gasteiger partial charge in [0.2, 0.25) is 5.88 Å². The summed E-state index contributed by atoms with van der Waals surface area (Å²) < 4.78 is 62.2. The highest BCUT2D eigenvalue weighted by atomic mass is 19.4. The molecule has 3 aliphatic rings. The van der Waals surface area contributed by atoms with E-state index < -0.39 is 28.9 Å². The number of pyridine rings is 1. The first-order valence-electron chi connectivity index (χ1n) is 12.1. The second-order valence-electron chi connectivity index (χ2n) is 10.7. The number of carboxylic acids is 1. The second kappa shape index (κ2) is 7.94. The number of ether oxygens (including phenoxy) is 1. The molecule has 2 heterocycles. The number of aromatic nitrogens is 1. The van der Waals surface area contributed by atoms with Gasteiger partial charge in [0, 0.05) is 41.4 Å². The van der Waals surface area contributed by atoms with E-state index in [9.17, 15) is 23.1 Å². The summed E-state index contributed by atoms with van der Waals surface area (Å²) in [6, 6.07) is 10.1. The summed E-state index contributed by atoms with van der Waals surface area (Å²) in [5.74, 6) is -1.25. The molecule has 2 aromatic carbocycles. The molecule has 0 amide bonds. The largest absolute Gasteiger partial charge is 0.481 e. The summed E-state index contributed by atoms with van der Waals surface area (Å²) in [6.45, 7) is 3.88. The van der Waals surface area contributed by atoms with Crippen LogP contribution in [0.15, 0.2) is 48.7 Å². The van der Waals surface area contributed by atoms with Crippen LogP contribution in [-0.4, -0.2) is 22.6 Å². The maximum Gasteiger partial charge on any atom is 0.418 e. The van der Waals surface area contributed by atoms with E-state index in [1.807, 2.05) is 13.8 Å². The zero-order chi connectivity index (χ0) is 26.3. The highest BCUT2D eigenvalue weighted by Crippen LogP contribution is 2.61. The maximum absolute atomic E-state index is 15.1. The smallest absolute Gasteiger partial charge is 0.418 e. The predicted octanol–water partition coefficient (Wildman–Crippen LogP) is 6.22. The Bertz CT molecular complexity index is 1440. The lowest BCUT2D eigenvalue weighted by Gasteiger charge is -2.25. The Kier molecular flexibility index (Phi) is 5.10. The summed E-state index contributed by atoms with van der Waals surface area (Å²) in [6.07, 6.45) is -2.25. The van der Waals surface area contributed by atoms with E-state index in [1.165, 1.54) is 18.2 Å². The van der Waals surface area contributed by atoms with Crippen molar-refractivity contribution < 1.29 is 32.2 Å². The van der Waals surface area contributed by atoms with E-state index in [1.54, 1.807) is 29.3 Å². The predicted molar refractivity (Wildman–Crippen MR) is 128 cm³/mol. The summed E-state index contributed by atoms with van der Waals surface area (Å²) in [5, 5.41) is 9.28. The normalized spacial score (nSPS) is 22.9. The third-order valence-electron chi connectivity index (χ3n) is 7.88. The number of rotatable bonds is 5. The van der Waals surface area contributed by atoms with Crippen molar-refractivity contribution in [3.8, 4) is 5.88 Å². The van der Waals surface area contributed by atoms with E-state index >= 15 is 4.39 Å². The highest BCUT2D eigenvalue weighted by Gasteiger charge is 2.60. The van der Waals surface area contributed by atoms with Crippen LogP contribution in [0.3, 0.4) is 0 Å². The topological polar surface area (TPSA) is 62.7 Å². The van der Waals surface area contributed by atoms with Crippen molar-refractivity contribution >= 4 is 17.3 Å². The number of anilines is 2. The van der Waals surface area contributed by atoms with Gasteiger partial charge in [-0.2, -0.15) is 13.2 Å². The summed E-state index contributed by atoms with van der Waals surface area (Å²) in [5.41, 5.74) is 1.99. The summed E-state index contributed by atoms with van der Waals surface area (Å²) in [4.78, 5) is 17.2. The van der Waals surface area contributed by atoms with E-state index in [0.29, 0.717) is 23.6 Å². The van der Waals surface area contributed by atoms with Crippen LogP contribution >= 0.6 is 0 Å². The number of nitrogens with zero attached hydrogens (tertiary/aromatic N) is 2. The number of hydrogen-bond donors (Lipinski definition) is 1. The van der Waals surface area contributed by atoms with Gasteiger partial charge in [0.25, 0.3) is 0 Å². The van der Waals surface area contributed by atoms with Crippen molar-refractivity contribution in [2.45, 2.75) is 44.4 Å². The molecule has 3 atom stereocenters. The van der Waals surface area contributed by atoms with Crippen molar-refractivity contribution in [2.24, 2.45) is 11.8 Å². The van der Waals surface area contributed by atoms with Crippen LogP contribution in [0.4, 0.5) is 28.9 Å². The lowest BCUT2D eigenvalue weighted by Crippen LogP contribution is -2.26. The lowest BCUT2D eigenvalue weighted by molar-refractivity contribution is -0.139. The molecule has 2 aliphatic carbocycles. The molecule has 37 heavy (non-hydrogen) atoms. The fourth-order valence-electron chi connectivity index (χ4n) is 6.05. The highest BCUT2D eigenvalue weighted by molar-refractivity contribution is 5.78. The molecule has 0 spiro atoms. The van der Waals surface area contributed by atoms with E-state index in [-0.39, 0.29) is 42.2 Å². The number of hydrogen-bond acceptors (Lipinski definition) is 4. The van der Waals surface area contributed by atoms with Gasteiger partial charge in [-0.15, -0.1) is 0 Å². The Balaban J connectivity index is 1.28. The average Bonchev–Trinajstić information content (AvgIpc) is 3.33. The van der Waals surface area contributed by atoms with Gasteiger partial charge < -0.3 is 14.7 Å². The number of aliphatic carboxylic acids is 1. The molecule has 6 rings (SSSR count). The monoisotopic (exact) mass is 512 g/mol. The quantitative estimate of drug-likeness (QED) is 0.412. The van der Waals surface area contributed by atoms with E-state index in [2.05, 4.69) is 4.98 Å². The Hall–Kier alpha value is -3.62. The molecular formula is C28H24F4N2O3. The molecule has 9 heteroatoms. The molecular weight excluding hydrogens is 488 g/mol. The second-order valence-corrected chi connectivity index (χ2v) is 10.7. The van der Waals surface area contributed by atoms with Crippen LogP contribution in [0.2, 0.25) is 0 Å². The average molecular weight is 513 g/mol. The standard InChI is InChI=1S/C28H24F4N2O3/c1-27(2)13-34(21-6-4-3-5-18(21)28(30,31)32)22-8-15(20(29)10-19(22)27)12-37-23-9-14-7-16-24(17(14)11-33-23)25(16)26(35)36/h3-6,8-11,16,24-25H,7,12-13H2,1-2H3,(H,35,36). The Labute approximate surface area is 210 Å². The number of para-hydroxylation sites is 1. The third-order valence-corrected chi connectivity index (χ3v) is 7.88. The lowest BCUT2D eigenvalue weighted by atomic mass is 9.86. The molecule has 1 aliphatic heterocycles. The van der Waals surface area contributed by atoms with E-state index in [4.69, 9.17) is 4.74 Å². The number of benzene rings is 2. The van der Waals surface area contributed by atoms with Gasteiger partial charge in [-0.3, -0.25) is 4.79 Å². The Morgan fingerprint density at radius 2 is 1.95 bits per heavy atom. The van der Waals surface area contributed by atoms with Crippen LogP contribution in [0.25, 0.3) is 0 Å².